The molecule has 0 unspecified atom stereocenters. The Morgan fingerprint density at radius 2 is 1.83 bits per heavy atom. The van der Waals surface area contributed by atoms with Gasteiger partial charge in [0.25, 0.3) is 0 Å². The van der Waals surface area contributed by atoms with Crippen LogP contribution in [0, 0.1) is 20.4 Å². The molecule has 0 saturated heterocycles. The second-order valence-electron chi connectivity index (χ2n) is 4.24. The van der Waals surface area contributed by atoms with Crippen molar-refractivity contribution in [1.82, 2.24) is 9.38 Å². The molecule has 0 aliphatic rings. The van der Waals surface area contributed by atoms with Crippen LogP contribution in [-0.4, -0.2) is 9.38 Å². The molecule has 3 rings (SSSR count). The van der Waals surface area contributed by atoms with E-state index in [2.05, 4.69) is 25.8 Å². The minimum Gasteiger partial charge on any atom is -0.310 e. The van der Waals surface area contributed by atoms with E-state index in [1.807, 2.05) is 42.5 Å². The Labute approximate surface area is 113 Å². The lowest BCUT2D eigenvalue weighted by Gasteiger charge is -2.09. The summed E-state index contributed by atoms with van der Waals surface area (Å²) in [5.74, 6) is 0. The van der Waals surface area contributed by atoms with Gasteiger partial charge in [0.15, 0.2) is 0 Å². The Morgan fingerprint density at radius 1 is 1.17 bits per heavy atom. The number of benzene rings is 1. The lowest BCUT2D eigenvalue weighted by Crippen LogP contribution is -1.95. The lowest BCUT2D eigenvalue weighted by atomic mass is 10.1. The van der Waals surface area contributed by atoms with Gasteiger partial charge in [0.05, 0.1) is 12.3 Å². The highest BCUT2D eigenvalue weighted by Gasteiger charge is 2.15. The molecule has 0 saturated carbocycles. The van der Waals surface area contributed by atoms with Crippen LogP contribution in [0.3, 0.4) is 0 Å². The van der Waals surface area contributed by atoms with Crippen molar-refractivity contribution in [3.8, 4) is 0 Å². The molecule has 1 aromatic carbocycles. The van der Waals surface area contributed by atoms with Crippen LogP contribution in [0.2, 0.25) is 0 Å². The van der Waals surface area contributed by atoms with Gasteiger partial charge < -0.3 is 4.40 Å². The third kappa shape index (κ3) is 1.31. The first-order valence-corrected chi connectivity index (χ1v) is 6.37. The van der Waals surface area contributed by atoms with Crippen molar-refractivity contribution < 1.29 is 0 Å². The number of fused-ring (bicyclic) bond motifs is 3. The van der Waals surface area contributed by atoms with E-state index in [4.69, 9.17) is 6.57 Å². The monoisotopic (exact) mass is 299 g/mol. The highest BCUT2D eigenvalue weighted by molar-refractivity contribution is 9.10. The summed E-state index contributed by atoms with van der Waals surface area (Å²) >= 11 is 3.47. The van der Waals surface area contributed by atoms with Gasteiger partial charge in [0.1, 0.15) is 10.3 Å². The Bertz CT molecular complexity index is 825. The van der Waals surface area contributed by atoms with Gasteiger partial charge in [-0.05, 0) is 35.2 Å². The summed E-state index contributed by atoms with van der Waals surface area (Å²) in [5, 5.41) is 1.98. The number of halogens is 1. The molecule has 0 spiro atoms. The van der Waals surface area contributed by atoms with E-state index in [-0.39, 0.29) is 0 Å². The number of hydrogen-bond donors (Lipinski definition) is 0. The van der Waals surface area contributed by atoms with E-state index in [9.17, 15) is 0 Å². The number of aryl methyl sites for hydroxylation is 2. The van der Waals surface area contributed by atoms with Crippen molar-refractivity contribution in [2.75, 3.05) is 0 Å². The topological polar surface area (TPSA) is 21.7 Å². The molecule has 3 aromatic rings. The molecular weight excluding hydrogens is 290 g/mol. The van der Waals surface area contributed by atoms with Gasteiger partial charge in [-0.3, -0.25) is 0 Å². The molecule has 0 aliphatic heterocycles. The third-order valence-corrected chi connectivity index (χ3v) is 4.01. The molecule has 2 heterocycles. The summed E-state index contributed by atoms with van der Waals surface area (Å²) in [7, 11) is 0. The quantitative estimate of drug-likeness (QED) is 0.563. The van der Waals surface area contributed by atoms with Gasteiger partial charge >= 0.3 is 0 Å². The van der Waals surface area contributed by atoms with Gasteiger partial charge in [0, 0.05) is 11.1 Å². The van der Waals surface area contributed by atoms with Gasteiger partial charge in [0.2, 0.25) is 5.69 Å². The van der Waals surface area contributed by atoms with Crippen LogP contribution in [0.15, 0.2) is 28.9 Å². The molecule has 3 nitrogen and oxygen atoms in total. The molecule has 0 atom stereocenters. The van der Waals surface area contributed by atoms with Crippen LogP contribution in [0.5, 0.6) is 0 Å². The van der Waals surface area contributed by atoms with Crippen molar-refractivity contribution in [2.24, 2.45) is 0 Å². The fourth-order valence-corrected chi connectivity index (χ4v) is 2.74. The summed E-state index contributed by atoms with van der Waals surface area (Å²) in [6.07, 6.45) is 0. The second-order valence-corrected chi connectivity index (χ2v) is 4.99. The molecule has 88 valence electrons. The largest absolute Gasteiger partial charge is 0.310 e. The van der Waals surface area contributed by atoms with Crippen LogP contribution >= 0.6 is 15.9 Å². The Hall–Kier alpha value is -1.86. The molecular formula is C14H10BrN3. The number of rotatable bonds is 0. The third-order valence-electron chi connectivity index (χ3n) is 3.26. The van der Waals surface area contributed by atoms with Crippen molar-refractivity contribution in [2.45, 2.75) is 13.8 Å². The molecule has 0 aliphatic carbocycles. The zero-order chi connectivity index (χ0) is 12.9. The molecule has 18 heavy (non-hydrogen) atoms. The maximum absolute atomic E-state index is 7.40. The minimum absolute atomic E-state index is 0.700. The van der Waals surface area contributed by atoms with Crippen LogP contribution < -0.4 is 0 Å². The maximum atomic E-state index is 7.40. The van der Waals surface area contributed by atoms with E-state index >= 15 is 0 Å². The summed E-state index contributed by atoms with van der Waals surface area (Å²) in [5.41, 5.74) is 3.57. The van der Waals surface area contributed by atoms with Gasteiger partial charge in [-0.2, -0.15) is 0 Å². The van der Waals surface area contributed by atoms with Crippen molar-refractivity contribution in [3.63, 3.8) is 0 Å². The highest BCUT2D eigenvalue weighted by atomic mass is 79.9. The molecule has 0 N–H and O–H groups in total. The number of imidazole rings is 1. The molecule has 0 radical (unpaired) electrons. The van der Waals surface area contributed by atoms with Crippen LogP contribution in [0.4, 0.5) is 5.69 Å². The summed E-state index contributed by atoms with van der Waals surface area (Å²) < 4.78 is 2.87. The van der Waals surface area contributed by atoms with E-state index < -0.39 is 0 Å². The summed E-state index contributed by atoms with van der Waals surface area (Å²) in [4.78, 5) is 8.24. The standard InChI is InChI=1S/C14H10BrN3/c1-8-12(16-3)10-6-4-5-7-11(10)14-17-13(15)9(2)18(8)14/h4-7H,1-2H3. The fraction of sp³-hybridized carbons (Fsp3) is 0.143. The predicted molar refractivity (Wildman–Crippen MR) is 76.1 cm³/mol. The molecule has 0 amide bonds. The van der Waals surface area contributed by atoms with E-state index in [0.717, 1.165) is 32.4 Å². The lowest BCUT2D eigenvalue weighted by molar-refractivity contribution is 1.05. The first-order chi connectivity index (χ1) is 8.65. The number of nitrogens with zero attached hydrogens (tertiary/aromatic N) is 3. The smallest absolute Gasteiger partial charge is 0.214 e. The van der Waals surface area contributed by atoms with Gasteiger partial charge in [-0.15, -0.1) is 0 Å². The zero-order valence-electron chi connectivity index (χ0n) is 10.0. The predicted octanol–water partition coefficient (Wildman–Crippen LogP) is 4.42. The number of pyridine rings is 1. The number of aromatic nitrogens is 2. The summed E-state index contributed by atoms with van der Waals surface area (Å²) in [6.45, 7) is 11.4. The Morgan fingerprint density at radius 3 is 2.50 bits per heavy atom. The second kappa shape index (κ2) is 3.82. The Kier molecular flexibility index (Phi) is 2.39. The van der Waals surface area contributed by atoms with Crippen LogP contribution in [0.25, 0.3) is 21.3 Å². The molecule has 0 bridgehead atoms. The SMILES string of the molecule is [C-]#[N+]c1c(C)n2c(C)c(Br)nc2c2ccccc12. The molecule has 4 heteroatoms. The number of hydrogen-bond acceptors (Lipinski definition) is 1. The zero-order valence-corrected chi connectivity index (χ0v) is 11.6. The maximum Gasteiger partial charge on any atom is 0.214 e. The normalized spacial score (nSPS) is 11.0. The molecule has 0 fully saturated rings. The Balaban J connectivity index is 2.72. The average molecular weight is 300 g/mol. The van der Waals surface area contributed by atoms with Gasteiger partial charge in [-0.1, -0.05) is 24.3 Å². The van der Waals surface area contributed by atoms with Crippen molar-refractivity contribution in [1.29, 1.82) is 0 Å². The summed E-state index contributed by atoms with van der Waals surface area (Å²) in [6, 6.07) is 7.92. The minimum atomic E-state index is 0.700. The van der Waals surface area contributed by atoms with Crippen LogP contribution in [0.1, 0.15) is 11.4 Å². The molecule has 2 aromatic heterocycles. The highest BCUT2D eigenvalue weighted by Crippen LogP contribution is 2.34. The van der Waals surface area contributed by atoms with Crippen molar-refractivity contribution >= 4 is 38.0 Å². The fourth-order valence-electron chi connectivity index (χ4n) is 2.39. The average Bonchev–Trinajstić information content (AvgIpc) is 2.67. The van der Waals surface area contributed by atoms with Crippen molar-refractivity contribution in [3.05, 3.63) is 51.7 Å². The first kappa shape index (κ1) is 11.2. The van der Waals surface area contributed by atoms with E-state index in [1.165, 1.54) is 0 Å². The van der Waals surface area contributed by atoms with Gasteiger partial charge in [-0.25, -0.2) is 9.83 Å². The first-order valence-electron chi connectivity index (χ1n) is 5.58. The van der Waals surface area contributed by atoms with Crippen LogP contribution in [-0.2, 0) is 0 Å². The van der Waals surface area contributed by atoms with E-state index in [1.54, 1.807) is 0 Å². The van der Waals surface area contributed by atoms with E-state index in [0.29, 0.717) is 5.69 Å².